The first-order valence-electron chi connectivity index (χ1n) is 7.77. The fourth-order valence-corrected chi connectivity index (χ4v) is 3.70. The number of hydrogen-bond acceptors (Lipinski definition) is 4. The molecule has 0 aromatic carbocycles. The van der Waals surface area contributed by atoms with Gasteiger partial charge in [0, 0.05) is 36.0 Å². The van der Waals surface area contributed by atoms with Crippen molar-refractivity contribution >= 4 is 11.3 Å². The summed E-state index contributed by atoms with van der Waals surface area (Å²) in [5.41, 5.74) is 0. The summed E-state index contributed by atoms with van der Waals surface area (Å²) in [5.74, 6) is 0.600. The molecule has 3 unspecified atom stereocenters. The molecule has 114 valence electrons. The number of nitrogens with zero attached hydrogens (tertiary/aromatic N) is 1. The first kappa shape index (κ1) is 16.0. The van der Waals surface area contributed by atoms with Crippen LogP contribution in [0.2, 0.25) is 0 Å². The minimum atomic E-state index is 0.490. The van der Waals surface area contributed by atoms with Crippen LogP contribution in [0.1, 0.15) is 37.6 Å². The third-order valence-electron chi connectivity index (χ3n) is 4.27. The number of ether oxygens (including phenoxy) is 1. The van der Waals surface area contributed by atoms with Crippen LogP contribution in [0.15, 0.2) is 17.5 Å². The second-order valence-corrected chi connectivity index (χ2v) is 6.79. The Morgan fingerprint density at radius 2 is 2.40 bits per heavy atom. The molecular weight excluding hydrogens is 268 g/mol. The van der Waals surface area contributed by atoms with Gasteiger partial charge in [-0.2, -0.15) is 0 Å². The summed E-state index contributed by atoms with van der Waals surface area (Å²) < 4.78 is 5.70. The van der Waals surface area contributed by atoms with Crippen LogP contribution in [0.25, 0.3) is 0 Å². The molecule has 0 saturated carbocycles. The van der Waals surface area contributed by atoms with Gasteiger partial charge in [0.1, 0.15) is 0 Å². The van der Waals surface area contributed by atoms with Gasteiger partial charge in [0.25, 0.3) is 0 Å². The maximum Gasteiger partial charge on any atom is 0.0521 e. The Hall–Kier alpha value is -0.420. The average Bonchev–Trinajstić information content (AvgIpc) is 2.99. The monoisotopic (exact) mass is 296 g/mol. The Labute approximate surface area is 127 Å². The number of hydrogen-bond donors (Lipinski definition) is 1. The highest BCUT2D eigenvalue weighted by Gasteiger charge is 2.27. The van der Waals surface area contributed by atoms with Gasteiger partial charge in [-0.25, -0.2) is 0 Å². The zero-order valence-corrected chi connectivity index (χ0v) is 13.8. The van der Waals surface area contributed by atoms with E-state index in [2.05, 4.69) is 48.6 Å². The Morgan fingerprint density at radius 3 is 3.10 bits per heavy atom. The van der Waals surface area contributed by atoms with E-state index in [1.54, 1.807) is 0 Å². The molecule has 3 nitrogen and oxygen atoms in total. The third kappa shape index (κ3) is 4.29. The topological polar surface area (TPSA) is 24.5 Å². The smallest absolute Gasteiger partial charge is 0.0521 e. The van der Waals surface area contributed by atoms with Crippen LogP contribution in [0.4, 0.5) is 0 Å². The fourth-order valence-electron chi connectivity index (χ4n) is 2.85. The van der Waals surface area contributed by atoms with Gasteiger partial charge in [-0.1, -0.05) is 13.0 Å². The standard InChI is InChI=1S/C16H28N2OS/c1-4-8-17-15-7-9-19-12-14(15)11-18(3)13(2)16-6-5-10-20-16/h5-6,10,13-15,17H,4,7-9,11-12H2,1-3H3. The summed E-state index contributed by atoms with van der Waals surface area (Å²) in [6, 6.07) is 5.47. The summed E-state index contributed by atoms with van der Waals surface area (Å²) in [5, 5.41) is 5.86. The van der Waals surface area contributed by atoms with Gasteiger partial charge in [-0.15, -0.1) is 11.3 Å². The van der Waals surface area contributed by atoms with Crippen molar-refractivity contribution < 1.29 is 4.74 Å². The van der Waals surface area contributed by atoms with Gasteiger partial charge in [-0.05, 0) is 44.8 Å². The van der Waals surface area contributed by atoms with Gasteiger partial charge >= 0.3 is 0 Å². The lowest BCUT2D eigenvalue weighted by Crippen LogP contribution is -2.47. The lowest BCUT2D eigenvalue weighted by atomic mass is 9.94. The molecular formula is C16H28N2OS. The molecule has 20 heavy (non-hydrogen) atoms. The molecule has 1 aromatic heterocycles. The molecule has 1 saturated heterocycles. The molecule has 0 bridgehead atoms. The molecule has 0 amide bonds. The summed E-state index contributed by atoms with van der Waals surface area (Å²) in [6.45, 7) is 8.53. The van der Waals surface area contributed by atoms with E-state index in [1.165, 1.54) is 11.3 Å². The van der Waals surface area contributed by atoms with E-state index in [4.69, 9.17) is 4.74 Å². The molecule has 2 rings (SSSR count). The van der Waals surface area contributed by atoms with Crippen molar-refractivity contribution in [3.05, 3.63) is 22.4 Å². The number of nitrogens with one attached hydrogen (secondary N) is 1. The maximum absolute atomic E-state index is 5.70. The second-order valence-electron chi connectivity index (χ2n) is 5.82. The first-order valence-corrected chi connectivity index (χ1v) is 8.65. The minimum absolute atomic E-state index is 0.490. The minimum Gasteiger partial charge on any atom is -0.381 e. The van der Waals surface area contributed by atoms with E-state index >= 15 is 0 Å². The van der Waals surface area contributed by atoms with Crippen LogP contribution >= 0.6 is 11.3 Å². The SMILES string of the molecule is CCCNC1CCOCC1CN(C)C(C)c1cccs1. The Kier molecular flexibility index (Phi) is 6.49. The number of thiophene rings is 1. The molecule has 1 N–H and O–H groups in total. The molecule has 0 radical (unpaired) electrons. The van der Waals surface area contributed by atoms with E-state index in [-0.39, 0.29) is 0 Å². The third-order valence-corrected chi connectivity index (χ3v) is 5.31. The van der Waals surface area contributed by atoms with Crippen LogP contribution in [-0.4, -0.2) is 44.3 Å². The molecule has 4 heteroatoms. The van der Waals surface area contributed by atoms with Crippen molar-refractivity contribution in [3.63, 3.8) is 0 Å². The van der Waals surface area contributed by atoms with Crippen LogP contribution in [0.3, 0.4) is 0 Å². The molecule has 1 aliphatic rings. The maximum atomic E-state index is 5.70. The van der Waals surface area contributed by atoms with Crippen molar-refractivity contribution in [2.75, 3.05) is 33.4 Å². The van der Waals surface area contributed by atoms with E-state index in [0.29, 0.717) is 18.0 Å². The van der Waals surface area contributed by atoms with Crippen LogP contribution in [0, 0.1) is 5.92 Å². The summed E-state index contributed by atoms with van der Waals surface area (Å²) in [7, 11) is 2.23. The highest BCUT2D eigenvalue weighted by molar-refractivity contribution is 7.10. The lowest BCUT2D eigenvalue weighted by Gasteiger charge is -2.36. The predicted molar refractivity (Wildman–Crippen MR) is 86.4 cm³/mol. The largest absolute Gasteiger partial charge is 0.381 e. The molecule has 0 aliphatic carbocycles. The Bertz CT molecular complexity index is 369. The summed E-state index contributed by atoms with van der Waals surface area (Å²) in [4.78, 5) is 3.91. The summed E-state index contributed by atoms with van der Waals surface area (Å²) >= 11 is 1.85. The highest BCUT2D eigenvalue weighted by Crippen LogP contribution is 2.25. The Balaban J connectivity index is 1.88. The van der Waals surface area contributed by atoms with E-state index in [1.807, 2.05) is 11.3 Å². The van der Waals surface area contributed by atoms with Crippen molar-refractivity contribution in [2.45, 2.75) is 38.8 Å². The van der Waals surface area contributed by atoms with Crippen molar-refractivity contribution in [1.82, 2.24) is 10.2 Å². The predicted octanol–water partition coefficient (Wildman–Crippen LogP) is 3.15. The van der Waals surface area contributed by atoms with E-state index in [9.17, 15) is 0 Å². The van der Waals surface area contributed by atoms with Crippen molar-refractivity contribution in [1.29, 1.82) is 0 Å². The van der Waals surface area contributed by atoms with Crippen molar-refractivity contribution in [3.8, 4) is 0 Å². The van der Waals surface area contributed by atoms with Crippen LogP contribution in [0.5, 0.6) is 0 Å². The lowest BCUT2D eigenvalue weighted by molar-refractivity contribution is 0.0156. The van der Waals surface area contributed by atoms with Gasteiger partial charge in [-0.3, -0.25) is 4.90 Å². The molecule has 1 fully saturated rings. The molecule has 2 heterocycles. The molecule has 1 aromatic rings. The summed E-state index contributed by atoms with van der Waals surface area (Å²) in [6.07, 6.45) is 2.34. The molecule has 0 spiro atoms. The first-order chi connectivity index (χ1) is 9.72. The second kappa shape index (κ2) is 8.13. The van der Waals surface area contributed by atoms with E-state index < -0.39 is 0 Å². The van der Waals surface area contributed by atoms with Gasteiger partial charge in [0.15, 0.2) is 0 Å². The van der Waals surface area contributed by atoms with Crippen molar-refractivity contribution in [2.24, 2.45) is 5.92 Å². The zero-order valence-electron chi connectivity index (χ0n) is 13.0. The Morgan fingerprint density at radius 1 is 1.55 bits per heavy atom. The normalized spacial score (nSPS) is 25.0. The van der Waals surface area contributed by atoms with Gasteiger partial charge in [0.2, 0.25) is 0 Å². The quantitative estimate of drug-likeness (QED) is 0.836. The van der Waals surface area contributed by atoms with Crippen LogP contribution in [-0.2, 0) is 4.74 Å². The van der Waals surface area contributed by atoms with Gasteiger partial charge in [0.05, 0.1) is 6.61 Å². The highest BCUT2D eigenvalue weighted by atomic mass is 32.1. The molecule has 1 aliphatic heterocycles. The average molecular weight is 296 g/mol. The number of rotatable bonds is 7. The fraction of sp³-hybridized carbons (Fsp3) is 0.750. The van der Waals surface area contributed by atoms with Gasteiger partial charge < -0.3 is 10.1 Å². The zero-order chi connectivity index (χ0) is 14.4. The van der Waals surface area contributed by atoms with Crippen LogP contribution < -0.4 is 5.32 Å². The van der Waals surface area contributed by atoms with E-state index in [0.717, 1.165) is 32.7 Å². The molecule has 3 atom stereocenters.